The summed E-state index contributed by atoms with van der Waals surface area (Å²) in [6, 6.07) is 5.41. The summed E-state index contributed by atoms with van der Waals surface area (Å²) >= 11 is 6.36. The summed E-state index contributed by atoms with van der Waals surface area (Å²) in [5, 5.41) is 5.80. The molecule has 1 rings (SSSR count). The van der Waals surface area contributed by atoms with Gasteiger partial charge < -0.3 is 20.1 Å². The molecule has 6 nitrogen and oxygen atoms in total. The lowest BCUT2D eigenvalue weighted by molar-refractivity contribution is 0.0513. The summed E-state index contributed by atoms with van der Waals surface area (Å²) < 4.78 is 10.4. The number of benzene rings is 1. The van der Waals surface area contributed by atoms with Crippen molar-refractivity contribution in [1.29, 1.82) is 0 Å². The van der Waals surface area contributed by atoms with E-state index in [9.17, 15) is 9.59 Å². The van der Waals surface area contributed by atoms with Crippen molar-refractivity contribution in [1.82, 2.24) is 10.6 Å². The highest BCUT2D eigenvalue weighted by molar-refractivity contribution is 6.32. The third-order valence-corrected chi connectivity index (χ3v) is 3.29. The molecule has 0 aliphatic carbocycles. The van der Waals surface area contributed by atoms with Crippen LogP contribution in [0, 0.1) is 0 Å². The van der Waals surface area contributed by atoms with E-state index in [4.69, 9.17) is 21.1 Å². The second-order valence-electron chi connectivity index (χ2n) is 7.60. The Labute approximate surface area is 154 Å². The van der Waals surface area contributed by atoms with E-state index in [2.05, 4.69) is 10.6 Å². The van der Waals surface area contributed by atoms with Crippen LogP contribution in [-0.4, -0.2) is 23.4 Å². The molecule has 1 aromatic carbocycles. The Hall–Kier alpha value is -1.95. The average molecular weight is 371 g/mol. The van der Waals surface area contributed by atoms with Crippen LogP contribution in [0.25, 0.3) is 0 Å². The van der Waals surface area contributed by atoms with Gasteiger partial charge in [0.25, 0.3) is 0 Å². The van der Waals surface area contributed by atoms with E-state index in [0.717, 1.165) is 11.1 Å². The van der Waals surface area contributed by atoms with Crippen LogP contribution in [0.2, 0.25) is 5.02 Å². The normalized spacial score (nSPS) is 11.6. The molecule has 0 bridgehead atoms. The summed E-state index contributed by atoms with van der Waals surface area (Å²) in [4.78, 5) is 23.5. The fourth-order valence-corrected chi connectivity index (χ4v) is 2.13. The number of ether oxygens (including phenoxy) is 2. The first-order valence-electron chi connectivity index (χ1n) is 8.07. The molecule has 2 amide bonds. The molecule has 0 radical (unpaired) electrons. The highest BCUT2D eigenvalue weighted by atomic mass is 35.5. The fourth-order valence-electron chi connectivity index (χ4n) is 1.87. The number of carbonyl (C=O) groups is 2. The minimum absolute atomic E-state index is 0.230. The lowest BCUT2D eigenvalue weighted by Gasteiger charge is -2.20. The third kappa shape index (κ3) is 8.63. The molecule has 0 saturated heterocycles. The molecule has 0 fully saturated rings. The number of halogens is 1. The Morgan fingerprint density at radius 3 is 1.56 bits per heavy atom. The molecule has 2 N–H and O–H groups in total. The third-order valence-electron chi connectivity index (χ3n) is 2.80. The Bertz CT molecular complexity index is 568. The zero-order valence-electron chi connectivity index (χ0n) is 15.7. The van der Waals surface area contributed by atoms with Crippen LogP contribution in [0.5, 0.6) is 0 Å². The van der Waals surface area contributed by atoms with E-state index in [1.807, 2.05) is 6.07 Å². The van der Waals surface area contributed by atoms with Gasteiger partial charge in [0.2, 0.25) is 0 Å². The zero-order valence-corrected chi connectivity index (χ0v) is 16.4. The number of carbonyl (C=O) groups excluding carboxylic acids is 2. The van der Waals surface area contributed by atoms with Gasteiger partial charge in [-0.25, -0.2) is 9.59 Å². The van der Waals surface area contributed by atoms with E-state index in [1.165, 1.54) is 0 Å². The minimum atomic E-state index is -0.562. The SMILES string of the molecule is CC(C)(C)OC(=O)NCc1cccc(CNC(=O)OC(C)(C)C)c1Cl. The van der Waals surface area contributed by atoms with Crippen LogP contribution in [0.4, 0.5) is 9.59 Å². The molecule has 0 heterocycles. The van der Waals surface area contributed by atoms with Gasteiger partial charge in [-0.1, -0.05) is 29.8 Å². The highest BCUT2D eigenvalue weighted by Gasteiger charge is 2.18. The molecule has 0 spiro atoms. The van der Waals surface area contributed by atoms with Gasteiger partial charge in [-0.05, 0) is 52.7 Å². The van der Waals surface area contributed by atoms with Crippen molar-refractivity contribution in [2.24, 2.45) is 0 Å². The van der Waals surface area contributed by atoms with E-state index in [0.29, 0.717) is 5.02 Å². The summed E-state index contributed by atoms with van der Waals surface area (Å²) in [5.74, 6) is 0. The molecule has 25 heavy (non-hydrogen) atoms. The number of amides is 2. The molecule has 0 unspecified atom stereocenters. The van der Waals surface area contributed by atoms with Crippen LogP contribution in [0.15, 0.2) is 18.2 Å². The average Bonchev–Trinajstić information content (AvgIpc) is 2.41. The van der Waals surface area contributed by atoms with Crippen LogP contribution in [0.1, 0.15) is 52.7 Å². The topological polar surface area (TPSA) is 76.7 Å². The van der Waals surface area contributed by atoms with Gasteiger partial charge in [0.15, 0.2) is 0 Å². The van der Waals surface area contributed by atoms with E-state index >= 15 is 0 Å². The van der Waals surface area contributed by atoms with Crippen molar-refractivity contribution < 1.29 is 19.1 Å². The van der Waals surface area contributed by atoms with E-state index in [1.54, 1.807) is 53.7 Å². The predicted molar refractivity (Wildman–Crippen MR) is 97.6 cm³/mol. The number of alkyl carbamates (subject to hydrolysis) is 2. The zero-order chi connectivity index (χ0) is 19.3. The Morgan fingerprint density at radius 2 is 1.24 bits per heavy atom. The molecule has 140 valence electrons. The lowest BCUT2D eigenvalue weighted by Crippen LogP contribution is -2.32. The van der Waals surface area contributed by atoms with Gasteiger partial charge in [0.1, 0.15) is 11.2 Å². The number of hydrogen-bond acceptors (Lipinski definition) is 4. The molecule has 0 saturated carbocycles. The molecule has 1 aromatic rings. The molecule has 0 atom stereocenters. The second-order valence-corrected chi connectivity index (χ2v) is 7.98. The summed E-state index contributed by atoms with van der Waals surface area (Å²) in [6.07, 6.45) is -1.03. The Kier molecular flexibility index (Phi) is 7.11. The molecule has 0 aliphatic rings. The van der Waals surface area contributed by atoms with Crippen molar-refractivity contribution in [3.8, 4) is 0 Å². The van der Waals surface area contributed by atoms with Crippen molar-refractivity contribution in [2.75, 3.05) is 0 Å². The standard InChI is InChI=1S/C18H27ClN2O4/c1-17(2,3)24-15(22)20-10-12-8-7-9-13(14(12)19)11-21-16(23)25-18(4,5)6/h7-9H,10-11H2,1-6H3,(H,20,22)(H,21,23). The molecule has 0 aliphatic heterocycles. The number of nitrogens with one attached hydrogen (secondary N) is 2. The predicted octanol–water partition coefficient (Wildman–Crippen LogP) is 4.39. The van der Waals surface area contributed by atoms with Crippen LogP contribution < -0.4 is 10.6 Å². The maximum atomic E-state index is 11.7. The van der Waals surface area contributed by atoms with Gasteiger partial charge in [0, 0.05) is 13.1 Å². The first-order valence-corrected chi connectivity index (χ1v) is 8.45. The first-order chi connectivity index (χ1) is 11.4. The summed E-state index contributed by atoms with van der Waals surface area (Å²) in [6.45, 7) is 11.2. The van der Waals surface area contributed by atoms with Crippen LogP contribution >= 0.6 is 11.6 Å². The van der Waals surface area contributed by atoms with E-state index < -0.39 is 23.4 Å². The van der Waals surface area contributed by atoms with Crippen LogP contribution in [-0.2, 0) is 22.6 Å². The van der Waals surface area contributed by atoms with Gasteiger partial charge >= 0.3 is 12.2 Å². The maximum Gasteiger partial charge on any atom is 0.407 e. The van der Waals surface area contributed by atoms with E-state index in [-0.39, 0.29) is 13.1 Å². The van der Waals surface area contributed by atoms with Crippen molar-refractivity contribution in [3.63, 3.8) is 0 Å². The van der Waals surface area contributed by atoms with Crippen molar-refractivity contribution >= 4 is 23.8 Å². The first kappa shape index (κ1) is 21.1. The highest BCUT2D eigenvalue weighted by Crippen LogP contribution is 2.21. The quantitative estimate of drug-likeness (QED) is 0.824. The van der Waals surface area contributed by atoms with Gasteiger partial charge in [0.05, 0.1) is 5.02 Å². The monoisotopic (exact) mass is 370 g/mol. The Morgan fingerprint density at radius 1 is 0.880 bits per heavy atom. The summed E-state index contributed by atoms with van der Waals surface area (Å²) in [5.41, 5.74) is 0.340. The van der Waals surface area contributed by atoms with Gasteiger partial charge in [-0.2, -0.15) is 0 Å². The summed E-state index contributed by atoms with van der Waals surface area (Å²) in [7, 11) is 0. The fraction of sp³-hybridized carbons (Fsp3) is 0.556. The van der Waals surface area contributed by atoms with Crippen molar-refractivity contribution in [3.05, 3.63) is 34.3 Å². The maximum absolute atomic E-state index is 11.7. The molecular weight excluding hydrogens is 344 g/mol. The van der Waals surface area contributed by atoms with Crippen molar-refractivity contribution in [2.45, 2.75) is 65.8 Å². The smallest absolute Gasteiger partial charge is 0.407 e. The second kappa shape index (κ2) is 8.43. The van der Waals surface area contributed by atoms with Gasteiger partial charge in [-0.3, -0.25) is 0 Å². The molecule has 7 heteroatoms. The largest absolute Gasteiger partial charge is 0.444 e. The number of hydrogen-bond donors (Lipinski definition) is 2. The molecular formula is C18H27ClN2O4. The minimum Gasteiger partial charge on any atom is -0.444 e. The lowest BCUT2D eigenvalue weighted by atomic mass is 10.1. The Balaban J connectivity index is 2.63. The molecule has 0 aromatic heterocycles. The van der Waals surface area contributed by atoms with Crippen LogP contribution in [0.3, 0.4) is 0 Å². The number of rotatable bonds is 4. The van der Waals surface area contributed by atoms with Gasteiger partial charge in [-0.15, -0.1) is 0 Å².